The SMILES string of the molecule is Cc1ccc2cc(C)c3nn(CCNC(=O)c4c(Cl)cnn4C)c(=O)n3c2c1. The van der Waals surface area contributed by atoms with Crippen LogP contribution in [0.1, 0.15) is 21.6 Å². The van der Waals surface area contributed by atoms with Gasteiger partial charge in [0.1, 0.15) is 5.69 Å². The normalized spacial score (nSPS) is 11.4. The summed E-state index contributed by atoms with van der Waals surface area (Å²) in [6.45, 7) is 4.39. The number of amides is 1. The van der Waals surface area contributed by atoms with Crippen LogP contribution in [0.25, 0.3) is 16.6 Å². The molecule has 1 amide bonds. The number of aromatic nitrogens is 5. The second-order valence-electron chi connectivity index (χ2n) is 6.77. The van der Waals surface area contributed by atoms with Crippen molar-refractivity contribution in [1.82, 2.24) is 29.3 Å². The molecule has 0 aliphatic heterocycles. The van der Waals surface area contributed by atoms with Gasteiger partial charge in [0.05, 0.1) is 23.3 Å². The maximum absolute atomic E-state index is 12.9. The molecule has 3 heterocycles. The Bertz CT molecular complexity index is 1260. The maximum atomic E-state index is 12.9. The van der Waals surface area contributed by atoms with Crippen LogP contribution in [0.3, 0.4) is 0 Å². The van der Waals surface area contributed by atoms with Gasteiger partial charge in [-0.05, 0) is 42.5 Å². The molecule has 4 aromatic rings. The minimum atomic E-state index is -0.348. The van der Waals surface area contributed by atoms with E-state index in [0.29, 0.717) is 5.65 Å². The molecule has 0 saturated carbocycles. The van der Waals surface area contributed by atoms with Crippen molar-refractivity contribution in [3.8, 4) is 0 Å². The summed E-state index contributed by atoms with van der Waals surface area (Å²) >= 11 is 5.99. The molecule has 144 valence electrons. The number of pyridine rings is 1. The van der Waals surface area contributed by atoms with E-state index in [-0.39, 0.29) is 35.4 Å². The van der Waals surface area contributed by atoms with Crippen molar-refractivity contribution >= 4 is 34.1 Å². The minimum absolute atomic E-state index is 0.234. The highest BCUT2D eigenvalue weighted by molar-refractivity contribution is 6.33. The summed E-state index contributed by atoms with van der Waals surface area (Å²) in [6, 6.07) is 8.01. The first-order valence-electron chi connectivity index (χ1n) is 8.82. The van der Waals surface area contributed by atoms with Crippen molar-refractivity contribution in [1.29, 1.82) is 0 Å². The number of carbonyl (C=O) groups is 1. The van der Waals surface area contributed by atoms with E-state index in [1.807, 2.05) is 38.1 Å². The molecule has 0 saturated heterocycles. The predicted octanol–water partition coefficient (Wildman–Crippen LogP) is 2.08. The van der Waals surface area contributed by atoms with Crippen molar-refractivity contribution in [3.63, 3.8) is 0 Å². The maximum Gasteiger partial charge on any atom is 0.350 e. The predicted molar refractivity (Wildman–Crippen MR) is 107 cm³/mol. The van der Waals surface area contributed by atoms with Crippen molar-refractivity contribution < 1.29 is 4.79 Å². The highest BCUT2D eigenvalue weighted by atomic mass is 35.5. The molecule has 0 fully saturated rings. The molecule has 0 unspecified atom stereocenters. The van der Waals surface area contributed by atoms with E-state index in [1.165, 1.54) is 15.6 Å². The smallest absolute Gasteiger partial charge is 0.349 e. The molecule has 1 N–H and O–H groups in total. The quantitative estimate of drug-likeness (QED) is 0.570. The lowest BCUT2D eigenvalue weighted by Gasteiger charge is -2.05. The van der Waals surface area contributed by atoms with Gasteiger partial charge < -0.3 is 5.32 Å². The Morgan fingerprint density at radius 1 is 1.25 bits per heavy atom. The van der Waals surface area contributed by atoms with Gasteiger partial charge in [0.25, 0.3) is 5.91 Å². The Labute approximate surface area is 165 Å². The van der Waals surface area contributed by atoms with E-state index in [4.69, 9.17) is 11.6 Å². The molecule has 0 bridgehead atoms. The summed E-state index contributed by atoms with van der Waals surface area (Å²) in [5.41, 5.74) is 3.46. The first-order valence-corrected chi connectivity index (χ1v) is 9.20. The highest BCUT2D eigenvalue weighted by Crippen LogP contribution is 2.19. The molecule has 1 aromatic carbocycles. The number of halogens is 1. The molecule has 0 atom stereocenters. The van der Waals surface area contributed by atoms with Crippen LogP contribution in [0.5, 0.6) is 0 Å². The van der Waals surface area contributed by atoms with Gasteiger partial charge in [0.2, 0.25) is 0 Å². The van der Waals surface area contributed by atoms with Crippen molar-refractivity contribution in [3.05, 3.63) is 62.8 Å². The lowest BCUT2D eigenvalue weighted by molar-refractivity contribution is 0.0942. The molecule has 4 rings (SSSR count). The van der Waals surface area contributed by atoms with Gasteiger partial charge in [-0.25, -0.2) is 13.9 Å². The average molecular weight is 399 g/mol. The van der Waals surface area contributed by atoms with Crippen LogP contribution in [0.2, 0.25) is 5.02 Å². The molecule has 8 nitrogen and oxygen atoms in total. The van der Waals surface area contributed by atoms with E-state index in [2.05, 4.69) is 15.5 Å². The van der Waals surface area contributed by atoms with Crippen LogP contribution >= 0.6 is 11.6 Å². The fourth-order valence-corrected chi connectivity index (χ4v) is 3.57. The summed E-state index contributed by atoms with van der Waals surface area (Å²) in [5, 5.41) is 12.4. The van der Waals surface area contributed by atoms with Gasteiger partial charge in [0.15, 0.2) is 5.65 Å². The summed E-state index contributed by atoms with van der Waals surface area (Å²) in [7, 11) is 1.64. The first kappa shape index (κ1) is 18.2. The van der Waals surface area contributed by atoms with Gasteiger partial charge in [-0.15, -0.1) is 5.10 Å². The van der Waals surface area contributed by atoms with Crippen LogP contribution in [0, 0.1) is 13.8 Å². The van der Waals surface area contributed by atoms with Crippen molar-refractivity contribution in [2.24, 2.45) is 7.05 Å². The number of aryl methyl sites for hydroxylation is 3. The highest BCUT2D eigenvalue weighted by Gasteiger charge is 2.16. The third-order valence-electron chi connectivity index (χ3n) is 4.71. The van der Waals surface area contributed by atoms with Crippen LogP contribution in [-0.4, -0.2) is 36.4 Å². The zero-order valence-electron chi connectivity index (χ0n) is 15.7. The third-order valence-corrected chi connectivity index (χ3v) is 4.99. The molecule has 3 aromatic heterocycles. The standard InChI is InChI=1S/C19H19ClN6O2/c1-11-4-5-13-9-12(2)17-23-25(19(28)26(17)15(13)8-11)7-6-21-18(27)16-14(20)10-22-24(16)3/h4-5,8-10H,6-7H2,1-3H3,(H,21,27). The summed E-state index contributed by atoms with van der Waals surface area (Å²) in [5.74, 6) is -0.348. The molecular formula is C19H19ClN6O2. The number of carbonyl (C=O) groups excluding carboxylic acids is 1. The Hall–Kier alpha value is -3.13. The van der Waals surface area contributed by atoms with E-state index in [0.717, 1.165) is 22.0 Å². The van der Waals surface area contributed by atoms with Gasteiger partial charge in [0, 0.05) is 13.6 Å². The number of hydrogen-bond acceptors (Lipinski definition) is 4. The van der Waals surface area contributed by atoms with Crippen LogP contribution in [0.4, 0.5) is 0 Å². The average Bonchev–Trinajstić information content (AvgIpc) is 3.16. The molecule has 0 aliphatic rings. The number of benzene rings is 1. The fourth-order valence-electron chi connectivity index (χ4n) is 3.32. The topological polar surface area (TPSA) is 86.2 Å². The lowest BCUT2D eigenvalue weighted by Crippen LogP contribution is -2.32. The van der Waals surface area contributed by atoms with Crippen LogP contribution in [-0.2, 0) is 13.6 Å². The van der Waals surface area contributed by atoms with Gasteiger partial charge in [-0.2, -0.15) is 5.10 Å². The summed E-state index contributed by atoms with van der Waals surface area (Å²) in [4.78, 5) is 25.2. The molecule has 0 spiro atoms. The van der Waals surface area contributed by atoms with E-state index < -0.39 is 0 Å². The largest absolute Gasteiger partial charge is 0.350 e. The molecule has 0 radical (unpaired) electrons. The Kier molecular flexibility index (Phi) is 4.43. The van der Waals surface area contributed by atoms with Gasteiger partial charge in [-0.1, -0.05) is 23.7 Å². The number of nitrogens with zero attached hydrogens (tertiary/aromatic N) is 5. The van der Waals surface area contributed by atoms with Crippen molar-refractivity contribution in [2.75, 3.05) is 6.54 Å². The number of rotatable bonds is 4. The van der Waals surface area contributed by atoms with Crippen molar-refractivity contribution in [2.45, 2.75) is 20.4 Å². The number of fused-ring (bicyclic) bond motifs is 3. The second-order valence-corrected chi connectivity index (χ2v) is 7.18. The summed E-state index contributed by atoms with van der Waals surface area (Å²) < 4.78 is 4.40. The monoisotopic (exact) mass is 398 g/mol. The molecular weight excluding hydrogens is 380 g/mol. The minimum Gasteiger partial charge on any atom is -0.349 e. The zero-order valence-corrected chi connectivity index (χ0v) is 16.5. The Morgan fingerprint density at radius 2 is 2.04 bits per heavy atom. The lowest BCUT2D eigenvalue weighted by atomic mass is 10.1. The summed E-state index contributed by atoms with van der Waals surface area (Å²) in [6.07, 6.45) is 1.42. The number of nitrogens with one attached hydrogen (secondary N) is 1. The first-order chi connectivity index (χ1) is 13.4. The third kappa shape index (κ3) is 2.95. The van der Waals surface area contributed by atoms with Crippen LogP contribution in [0.15, 0.2) is 35.3 Å². The molecule has 28 heavy (non-hydrogen) atoms. The van der Waals surface area contributed by atoms with E-state index >= 15 is 0 Å². The van der Waals surface area contributed by atoms with E-state index in [1.54, 1.807) is 11.4 Å². The van der Waals surface area contributed by atoms with E-state index in [9.17, 15) is 9.59 Å². The van der Waals surface area contributed by atoms with Gasteiger partial charge in [-0.3, -0.25) is 9.48 Å². The zero-order chi connectivity index (χ0) is 20.0. The van der Waals surface area contributed by atoms with Crippen LogP contribution < -0.4 is 11.0 Å². The number of hydrogen-bond donors (Lipinski definition) is 1. The Morgan fingerprint density at radius 3 is 2.75 bits per heavy atom. The fraction of sp³-hybridized carbons (Fsp3) is 0.263. The van der Waals surface area contributed by atoms with Gasteiger partial charge >= 0.3 is 5.69 Å². The second kappa shape index (κ2) is 6.79. The molecule has 0 aliphatic carbocycles. The Balaban J connectivity index is 1.63. The molecule has 9 heteroatoms.